The van der Waals surface area contributed by atoms with Crippen molar-refractivity contribution < 1.29 is 4.79 Å². The van der Waals surface area contributed by atoms with Crippen LogP contribution >= 0.6 is 0 Å². The van der Waals surface area contributed by atoms with E-state index < -0.39 is 5.54 Å². The third-order valence-corrected chi connectivity index (χ3v) is 4.26. The molecule has 1 heterocycles. The maximum Gasteiger partial charge on any atom is 0.237 e. The minimum atomic E-state index is -0.597. The number of carbonyl (C=O) groups excluding carboxylic acids is 1. The Morgan fingerprint density at radius 1 is 1.65 bits per heavy atom. The van der Waals surface area contributed by atoms with E-state index in [0.717, 1.165) is 13.0 Å². The Balaban J connectivity index is 2.64. The fraction of sp³-hybridized carbons (Fsp3) is 0.923. The SMILES string of the molecule is CCC1CCCN1C(C)CC(C)(NC)C(N)=O. The molecule has 0 aromatic heterocycles. The Hall–Kier alpha value is -0.610. The van der Waals surface area contributed by atoms with Crippen LogP contribution in [0.25, 0.3) is 0 Å². The summed E-state index contributed by atoms with van der Waals surface area (Å²) in [6.07, 6.45) is 4.52. The molecule has 1 aliphatic heterocycles. The quantitative estimate of drug-likeness (QED) is 0.732. The number of nitrogens with one attached hydrogen (secondary N) is 1. The molecule has 0 bridgehead atoms. The maximum atomic E-state index is 11.5. The summed E-state index contributed by atoms with van der Waals surface area (Å²) in [4.78, 5) is 14.0. The van der Waals surface area contributed by atoms with Gasteiger partial charge in [-0.15, -0.1) is 0 Å². The van der Waals surface area contributed by atoms with Crippen LogP contribution in [-0.4, -0.2) is 42.0 Å². The molecule has 17 heavy (non-hydrogen) atoms. The van der Waals surface area contributed by atoms with Crippen LogP contribution in [0.1, 0.15) is 46.5 Å². The van der Waals surface area contributed by atoms with Gasteiger partial charge in [-0.05, 0) is 53.1 Å². The summed E-state index contributed by atoms with van der Waals surface area (Å²) < 4.78 is 0. The van der Waals surface area contributed by atoms with Crippen LogP contribution in [-0.2, 0) is 4.79 Å². The summed E-state index contributed by atoms with van der Waals surface area (Å²) in [6.45, 7) is 7.48. The number of likely N-dealkylation sites (tertiary alicyclic amines) is 1. The van der Waals surface area contributed by atoms with Gasteiger partial charge >= 0.3 is 0 Å². The maximum absolute atomic E-state index is 11.5. The number of nitrogens with two attached hydrogens (primary N) is 1. The van der Waals surface area contributed by atoms with Crippen molar-refractivity contribution in [3.63, 3.8) is 0 Å². The van der Waals surface area contributed by atoms with Gasteiger partial charge in [0.15, 0.2) is 0 Å². The molecule has 1 rings (SSSR count). The number of likely N-dealkylation sites (N-methyl/N-ethyl adjacent to an activating group) is 1. The smallest absolute Gasteiger partial charge is 0.237 e. The summed E-state index contributed by atoms with van der Waals surface area (Å²) >= 11 is 0. The van der Waals surface area contributed by atoms with E-state index >= 15 is 0 Å². The number of nitrogens with zero attached hydrogens (tertiary/aromatic N) is 1. The average Bonchev–Trinajstić information content (AvgIpc) is 2.76. The average molecular weight is 241 g/mol. The minimum Gasteiger partial charge on any atom is -0.368 e. The molecule has 4 nitrogen and oxygen atoms in total. The number of primary amides is 1. The van der Waals surface area contributed by atoms with Crippen LogP contribution in [0.3, 0.4) is 0 Å². The van der Waals surface area contributed by atoms with E-state index in [1.54, 1.807) is 7.05 Å². The lowest BCUT2D eigenvalue weighted by molar-refractivity contribution is -0.124. The molecule has 100 valence electrons. The van der Waals surface area contributed by atoms with Crippen molar-refractivity contribution in [2.75, 3.05) is 13.6 Å². The molecule has 0 radical (unpaired) electrons. The number of hydrogen-bond acceptors (Lipinski definition) is 3. The van der Waals surface area contributed by atoms with E-state index in [1.807, 2.05) is 6.92 Å². The molecular weight excluding hydrogens is 214 g/mol. The van der Waals surface area contributed by atoms with E-state index in [0.29, 0.717) is 12.1 Å². The fourth-order valence-electron chi connectivity index (χ4n) is 2.91. The zero-order valence-electron chi connectivity index (χ0n) is 11.6. The number of hydrogen-bond donors (Lipinski definition) is 2. The van der Waals surface area contributed by atoms with Gasteiger partial charge in [0.05, 0.1) is 5.54 Å². The third kappa shape index (κ3) is 3.19. The molecule has 0 aromatic carbocycles. The largest absolute Gasteiger partial charge is 0.368 e. The van der Waals surface area contributed by atoms with Crippen LogP contribution in [0.4, 0.5) is 0 Å². The summed E-state index contributed by atoms with van der Waals surface area (Å²) in [5.41, 5.74) is 4.88. The molecule has 3 N–H and O–H groups in total. The van der Waals surface area contributed by atoms with E-state index in [4.69, 9.17) is 5.73 Å². The third-order valence-electron chi connectivity index (χ3n) is 4.26. The Labute approximate surface area is 105 Å². The van der Waals surface area contributed by atoms with Crippen LogP contribution < -0.4 is 11.1 Å². The van der Waals surface area contributed by atoms with Crippen molar-refractivity contribution in [1.29, 1.82) is 0 Å². The molecule has 1 saturated heterocycles. The Bertz CT molecular complexity index is 269. The lowest BCUT2D eigenvalue weighted by Crippen LogP contribution is -2.55. The van der Waals surface area contributed by atoms with Crippen LogP contribution in [0.5, 0.6) is 0 Å². The molecule has 1 fully saturated rings. The van der Waals surface area contributed by atoms with Gasteiger partial charge in [-0.1, -0.05) is 6.92 Å². The van der Waals surface area contributed by atoms with E-state index in [-0.39, 0.29) is 5.91 Å². The van der Waals surface area contributed by atoms with E-state index in [9.17, 15) is 4.79 Å². The Kier molecular flexibility index (Phi) is 4.95. The van der Waals surface area contributed by atoms with Crippen molar-refractivity contribution in [1.82, 2.24) is 10.2 Å². The first kappa shape index (κ1) is 14.5. The van der Waals surface area contributed by atoms with Crippen molar-refractivity contribution in [3.05, 3.63) is 0 Å². The van der Waals surface area contributed by atoms with Gasteiger partial charge in [-0.25, -0.2) is 0 Å². The first-order chi connectivity index (χ1) is 7.94. The second-order valence-electron chi connectivity index (χ2n) is 5.44. The molecule has 0 saturated carbocycles. The molecule has 1 aliphatic rings. The lowest BCUT2D eigenvalue weighted by atomic mass is 9.92. The second-order valence-corrected chi connectivity index (χ2v) is 5.44. The van der Waals surface area contributed by atoms with Gasteiger partial charge in [0, 0.05) is 12.1 Å². The van der Waals surface area contributed by atoms with Crippen LogP contribution in [0.2, 0.25) is 0 Å². The zero-order chi connectivity index (χ0) is 13.1. The van der Waals surface area contributed by atoms with Gasteiger partial charge in [-0.3, -0.25) is 9.69 Å². The molecule has 0 aliphatic carbocycles. The van der Waals surface area contributed by atoms with Gasteiger partial charge in [-0.2, -0.15) is 0 Å². The summed E-state index contributed by atoms with van der Waals surface area (Å²) in [5.74, 6) is -0.265. The Morgan fingerprint density at radius 2 is 2.29 bits per heavy atom. The van der Waals surface area contributed by atoms with Crippen LogP contribution in [0, 0.1) is 0 Å². The Morgan fingerprint density at radius 3 is 2.76 bits per heavy atom. The van der Waals surface area contributed by atoms with Crippen molar-refractivity contribution in [3.8, 4) is 0 Å². The molecule has 3 atom stereocenters. The van der Waals surface area contributed by atoms with Crippen LogP contribution in [0.15, 0.2) is 0 Å². The monoisotopic (exact) mass is 241 g/mol. The van der Waals surface area contributed by atoms with Gasteiger partial charge in [0.1, 0.15) is 0 Å². The fourth-order valence-corrected chi connectivity index (χ4v) is 2.91. The normalized spacial score (nSPS) is 26.7. The summed E-state index contributed by atoms with van der Waals surface area (Å²) in [5, 5.41) is 3.06. The van der Waals surface area contributed by atoms with E-state index in [1.165, 1.54) is 19.3 Å². The topological polar surface area (TPSA) is 58.4 Å². The molecule has 3 unspecified atom stereocenters. The number of amides is 1. The van der Waals surface area contributed by atoms with Crippen molar-refractivity contribution in [2.24, 2.45) is 5.73 Å². The zero-order valence-corrected chi connectivity index (χ0v) is 11.6. The van der Waals surface area contributed by atoms with Gasteiger partial charge in [0.25, 0.3) is 0 Å². The predicted octanol–water partition coefficient (Wildman–Crippen LogP) is 1.10. The lowest BCUT2D eigenvalue weighted by Gasteiger charge is -2.36. The second kappa shape index (κ2) is 5.83. The molecule has 0 spiro atoms. The van der Waals surface area contributed by atoms with Gasteiger partial charge < -0.3 is 11.1 Å². The predicted molar refractivity (Wildman–Crippen MR) is 70.8 cm³/mol. The summed E-state index contributed by atoms with van der Waals surface area (Å²) in [7, 11) is 1.80. The first-order valence-electron chi connectivity index (χ1n) is 6.69. The van der Waals surface area contributed by atoms with Gasteiger partial charge in [0.2, 0.25) is 5.91 Å². The first-order valence-corrected chi connectivity index (χ1v) is 6.69. The minimum absolute atomic E-state index is 0.265. The standard InChI is InChI=1S/C13H27N3O/c1-5-11-7-6-8-16(11)10(2)9-13(3,15-4)12(14)17/h10-11,15H,5-9H2,1-4H3,(H2,14,17). The highest BCUT2D eigenvalue weighted by atomic mass is 16.1. The molecule has 1 amide bonds. The highest BCUT2D eigenvalue weighted by Gasteiger charge is 2.35. The van der Waals surface area contributed by atoms with Crippen molar-refractivity contribution in [2.45, 2.75) is 64.1 Å². The highest BCUT2D eigenvalue weighted by molar-refractivity contribution is 5.84. The summed E-state index contributed by atoms with van der Waals surface area (Å²) in [6, 6.07) is 1.08. The van der Waals surface area contributed by atoms with E-state index in [2.05, 4.69) is 24.1 Å². The molecule has 0 aromatic rings. The number of carbonyl (C=O) groups is 1. The molecule has 4 heteroatoms. The number of rotatable bonds is 6. The highest BCUT2D eigenvalue weighted by Crippen LogP contribution is 2.26. The molecular formula is C13H27N3O. The van der Waals surface area contributed by atoms with Crippen molar-refractivity contribution >= 4 is 5.91 Å².